The first kappa shape index (κ1) is 51.6. The fraction of sp³-hybridized carbons (Fsp3) is 0.422. The molecule has 20 heteroatoms. The second-order valence-electron chi connectivity index (χ2n) is 15.2. The number of nitrogen functional groups attached to an aromatic ring is 1. The van der Waals surface area contributed by atoms with E-state index in [4.69, 9.17) is 65.5 Å². The molecule has 11 N–H and O–H groups in total. The van der Waals surface area contributed by atoms with Gasteiger partial charge in [-0.3, -0.25) is 14.4 Å². The van der Waals surface area contributed by atoms with Gasteiger partial charge in [-0.15, -0.1) is 0 Å². The maximum atomic E-state index is 13.2. The van der Waals surface area contributed by atoms with Crippen molar-refractivity contribution in [2.24, 2.45) is 28.9 Å². The fourth-order valence-electron chi connectivity index (χ4n) is 6.25. The van der Waals surface area contributed by atoms with E-state index in [0.717, 1.165) is 12.0 Å². The number of unbranched alkanes of at least 4 members (excludes halogenated alkanes) is 2. The third-order valence-electron chi connectivity index (χ3n) is 9.97. The van der Waals surface area contributed by atoms with Crippen molar-refractivity contribution in [2.45, 2.75) is 93.8 Å². The number of Topliss-reactive ketones (excluding diaryl/α,β-unsaturated/α-hetero) is 1. The standard InChI is InChI=1S/C45H55ClN10O8S/c1-26(20-37(57)35(50)8-4-6-18-47)44(59)63-24-33(64-45(60)27(2)54-41(58)36(51)9-5-7-19-48)23-61-32-16-12-28(13-17-32)38-34(21-49)43(56-40(52)39(38)53-3)65-25-31-22-62-42(55-31)29-10-14-30(46)15-11-29/h10-17,22,26-27,33,35-36H,4-9,18-20,23-25,47-48,50-51H2,1-2H3,(H2,52,56)(H,54,58)/t26-,27+,33-,35+,36+/m1/s1. The number of pyridine rings is 1. The minimum atomic E-state index is -1.17. The van der Waals surface area contributed by atoms with E-state index in [1.165, 1.54) is 31.9 Å². The van der Waals surface area contributed by atoms with E-state index in [-0.39, 0.29) is 58.0 Å². The summed E-state index contributed by atoms with van der Waals surface area (Å²) in [7, 11) is 0. The predicted molar refractivity (Wildman–Crippen MR) is 246 cm³/mol. The molecule has 0 radical (unpaired) electrons. The molecule has 0 aliphatic heterocycles. The van der Waals surface area contributed by atoms with Crippen molar-refractivity contribution in [1.82, 2.24) is 15.3 Å². The van der Waals surface area contributed by atoms with Gasteiger partial charge in [-0.1, -0.05) is 55.3 Å². The Balaban J connectivity index is 1.48. The number of benzene rings is 2. The molecule has 4 rings (SSSR count). The highest BCUT2D eigenvalue weighted by molar-refractivity contribution is 7.98. The fourth-order valence-corrected chi connectivity index (χ4v) is 7.24. The van der Waals surface area contributed by atoms with Crippen molar-refractivity contribution in [1.29, 1.82) is 5.26 Å². The third-order valence-corrected chi connectivity index (χ3v) is 11.2. The maximum absolute atomic E-state index is 13.2. The number of anilines is 1. The molecule has 2 heterocycles. The van der Waals surface area contributed by atoms with Gasteiger partial charge in [0, 0.05) is 28.3 Å². The van der Waals surface area contributed by atoms with Gasteiger partial charge < -0.3 is 52.6 Å². The lowest BCUT2D eigenvalue weighted by Gasteiger charge is -2.23. The number of ketones is 1. The smallest absolute Gasteiger partial charge is 0.328 e. The zero-order chi connectivity index (χ0) is 47.5. The topological polar surface area (TPSA) is 305 Å². The molecule has 2 aromatic carbocycles. The van der Waals surface area contributed by atoms with E-state index in [9.17, 15) is 24.4 Å². The van der Waals surface area contributed by atoms with Crippen LogP contribution in [0.5, 0.6) is 5.75 Å². The molecule has 1 amide bonds. The Morgan fingerprint density at radius 2 is 1.57 bits per heavy atom. The molecule has 0 aliphatic rings. The Morgan fingerprint density at radius 3 is 2.20 bits per heavy atom. The Kier molecular flexibility index (Phi) is 20.7. The van der Waals surface area contributed by atoms with Crippen LogP contribution in [0.1, 0.15) is 70.1 Å². The molecule has 0 unspecified atom stereocenters. The molecule has 5 atom stereocenters. The number of carbonyl (C=O) groups excluding carboxylic acids is 4. The van der Waals surface area contributed by atoms with Crippen molar-refractivity contribution < 1.29 is 37.8 Å². The molecular formula is C45H55ClN10O8S. The van der Waals surface area contributed by atoms with Crippen molar-refractivity contribution in [2.75, 3.05) is 32.0 Å². The number of carbonyl (C=O) groups is 4. The summed E-state index contributed by atoms with van der Waals surface area (Å²) in [6.45, 7) is 11.0. The van der Waals surface area contributed by atoms with Crippen LogP contribution in [0.3, 0.4) is 0 Å². The van der Waals surface area contributed by atoms with E-state index >= 15 is 0 Å². The first-order chi connectivity index (χ1) is 31.2. The van der Waals surface area contributed by atoms with Crippen molar-refractivity contribution in [3.8, 4) is 34.4 Å². The van der Waals surface area contributed by atoms with Gasteiger partial charge in [0.25, 0.3) is 0 Å². The minimum absolute atomic E-state index is 0.0120. The average Bonchev–Trinajstić information content (AvgIpc) is 3.78. The Bertz CT molecular complexity index is 2320. The first-order valence-corrected chi connectivity index (χ1v) is 22.3. The summed E-state index contributed by atoms with van der Waals surface area (Å²) in [5.74, 6) is -2.36. The second-order valence-corrected chi connectivity index (χ2v) is 16.6. The number of nitrogens with one attached hydrogen (secondary N) is 1. The summed E-state index contributed by atoms with van der Waals surface area (Å²) < 4.78 is 22.8. The Labute approximate surface area is 387 Å². The Hall–Kier alpha value is -6.06. The number of esters is 2. The second kappa shape index (κ2) is 26.0. The SMILES string of the molecule is [C-]#[N+]c1c(N)nc(SCc2coc(-c3ccc(Cl)cc3)n2)c(C#N)c1-c1ccc(OC[C@H](COC(=O)[C@H](C)CC(=O)[C@@H](N)CCCCN)OC(=O)[C@H](C)NC(=O)[C@@H](N)CCCCN)cc1. The number of thioether (sulfide) groups is 1. The van der Waals surface area contributed by atoms with Gasteiger partial charge in [0.15, 0.2) is 6.10 Å². The first-order valence-electron chi connectivity index (χ1n) is 21.0. The zero-order valence-electron chi connectivity index (χ0n) is 36.3. The highest BCUT2D eigenvalue weighted by Gasteiger charge is 2.28. The van der Waals surface area contributed by atoms with Gasteiger partial charge in [0.05, 0.1) is 35.8 Å². The van der Waals surface area contributed by atoms with Crippen molar-refractivity contribution in [3.63, 3.8) is 0 Å². The lowest BCUT2D eigenvalue weighted by molar-refractivity contribution is -0.164. The van der Waals surface area contributed by atoms with E-state index < -0.39 is 54.6 Å². The molecule has 0 aliphatic carbocycles. The number of nitrogens with two attached hydrogens (primary N) is 5. The molecule has 4 aromatic rings. The third kappa shape index (κ3) is 15.6. The average molecular weight is 932 g/mol. The predicted octanol–water partition coefficient (Wildman–Crippen LogP) is 5.20. The number of nitriles is 1. The molecule has 65 heavy (non-hydrogen) atoms. The number of rotatable bonds is 26. The lowest BCUT2D eigenvalue weighted by atomic mass is 9.97. The van der Waals surface area contributed by atoms with Crippen LogP contribution in [-0.2, 0) is 34.4 Å². The van der Waals surface area contributed by atoms with Crippen molar-refractivity contribution in [3.05, 3.63) is 82.5 Å². The number of ether oxygens (including phenoxy) is 3. The quantitative estimate of drug-likeness (QED) is 0.0204. The van der Waals surface area contributed by atoms with Crippen LogP contribution in [0.25, 0.3) is 27.4 Å². The van der Waals surface area contributed by atoms with Crippen LogP contribution in [0.2, 0.25) is 5.02 Å². The Morgan fingerprint density at radius 1 is 0.923 bits per heavy atom. The van der Waals surface area contributed by atoms with E-state index in [1.807, 2.05) is 0 Å². The number of nitrogens with zero attached hydrogens (tertiary/aromatic N) is 4. The summed E-state index contributed by atoms with van der Waals surface area (Å²) in [4.78, 5) is 64.1. The molecular weight excluding hydrogens is 876 g/mol. The number of hydrogen-bond acceptors (Lipinski definition) is 17. The molecule has 0 fully saturated rings. The summed E-state index contributed by atoms with van der Waals surface area (Å²) in [5.41, 5.74) is 31.5. The highest BCUT2D eigenvalue weighted by Crippen LogP contribution is 2.42. The van der Waals surface area contributed by atoms with Crippen LogP contribution >= 0.6 is 23.4 Å². The van der Waals surface area contributed by atoms with Crippen LogP contribution in [0.15, 0.2) is 64.2 Å². The molecule has 346 valence electrons. The van der Waals surface area contributed by atoms with Gasteiger partial charge in [0.1, 0.15) is 54.0 Å². The molecule has 0 saturated carbocycles. The summed E-state index contributed by atoms with van der Waals surface area (Å²) in [6.07, 6.45) is 3.73. The lowest BCUT2D eigenvalue weighted by Crippen LogP contribution is -2.48. The van der Waals surface area contributed by atoms with Crippen molar-refractivity contribution >= 4 is 58.5 Å². The van der Waals surface area contributed by atoms with Gasteiger partial charge >= 0.3 is 11.9 Å². The number of aromatic nitrogens is 2. The highest BCUT2D eigenvalue weighted by atomic mass is 35.5. The van der Waals surface area contributed by atoms with Gasteiger partial charge in [-0.05, 0) is 87.7 Å². The van der Waals surface area contributed by atoms with Gasteiger partial charge in [-0.2, -0.15) is 5.26 Å². The molecule has 18 nitrogen and oxygen atoms in total. The van der Waals surface area contributed by atoms with Crippen LogP contribution in [-0.4, -0.2) is 84.1 Å². The maximum Gasteiger partial charge on any atom is 0.328 e. The largest absolute Gasteiger partial charge is 0.490 e. The number of oxazole rings is 1. The van der Waals surface area contributed by atoms with Crippen LogP contribution in [0.4, 0.5) is 11.5 Å². The molecule has 0 saturated heterocycles. The number of hydrogen-bond donors (Lipinski definition) is 6. The minimum Gasteiger partial charge on any atom is -0.490 e. The van der Waals surface area contributed by atoms with E-state index in [1.54, 1.807) is 48.5 Å². The normalized spacial score (nSPS) is 13.3. The van der Waals surface area contributed by atoms with E-state index in [0.29, 0.717) is 67.4 Å². The van der Waals surface area contributed by atoms with Crippen LogP contribution in [0, 0.1) is 23.8 Å². The van der Waals surface area contributed by atoms with E-state index in [2.05, 4.69) is 26.2 Å². The van der Waals surface area contributed by atoms with Crippen LogP contribution < -0.4 is 38.7 Å². The summed E-state index contributed by atoms with van der Waals surface area (Å²) in [6, 6.07) is 12.9. The monoisotopic (exact) mass is 930 g/mol. The zero-order valence-corrected chi connectivity index (χ0v) is 37.9. The summed E-state index contributed by atoms with van der Waals surface area (Å²) >= 11 is 7.21. The van der Waals surface area contributed by atoms with Gasteiger partial charge in [0.2, 0.25) is 17.5 Å². The van der Waals surface area contributed by atoms with Gasteiger partial charge in [-0.25, -0.2) is 19.6 Å². The molecule has 0 spiro atoms. The molecule has 0 bridgehead atoms. The summed E-state index contributed by atoms with van der Waals surface area (Å²) in [5, 5.41) is 13.8. The number of halogens is 1. The number of amides is 1. The molecule has 2 aromatic heterocycles.